The van der Waals surface area contributed by atoms with Gasteiger partial charge in [-0.15, -0.1) is 0 Å². The number of esters is 2. The van der Waals surface area contributed by atoms with Crippen molar-refractivity contribution >= 4 is 22.1 Å². The van der Waals surface area contributed by atoms with Crippen molar-refractivity contribution in [3.8, 4) is 0 Å². The van der Waals surface area contributed by atoms with Crippen LogP contribution in [0.1, 0.15) is 155 Å². The van der Waals surface area contributed by atoms with E-state index in [1.807, 2.05) is 18.2 Å². The van der Waals surface area contributed by atoms with Gasteiger partial charge in [0.15, 0.2) is 12.4 Å². The van der Waals surface area contributed by atoms with Crippen LogP contribution in [-0.2, 0) is 38.7 Å². The van der Waals surface area contributed by atoms with Crippen molar-refractivity contribution in [1.82, 2.24) is 0 Å². The van der Waals surface area contributed by atoms with Crippen molar-refractivity contribution in [2.24, 2.45) is 0 Å². The standard InChI is InChI=1S/C47H78O12S/c1-3-5-7-9-11-13-15-17-19-20-22-24-26-28-30-32-34-36-43(49)58-40(38-57-47-46(52)45(51)44(50)41(59-47)39-60(53,54)55)37-56-42(48)35-33-31-29-27-25-23-21-18-16-14-12-10-8-6-4-2/h5,7,11,13,17,19,22,24,28-31,40-41,44-47,50-52H,3-4,6,8-10,12,14-16,18,20-21,23,25-27,32-39H2,1-2H3,(H,53,54,55)/b7-5+,13-11+,19-17+,24-22+,30-28+,31-29+/t40-,41-,44-,45?,46?,47+/m1/s1. The van der Waals surface area contributed by atoms with Crippen LogP contribution in [-0.4, -0.2) is 96.0 Å². The molecule has 0 aromatic rings. The molecule has 1 heterocycles. The number of aliphatic hydroxyl groups is 3. The van der Waals surface area contributed by atoms with Gasteiger partial charge in [0, 0.05) is 12.8 Å². The van der Waals surface area contributed by atoms with E-state index >= 15 is 0 Å². The van der Waals surface area contributed by atoms with Crippen LogP contribution in [0.4, 0.5) is 0 Å². The molecule has 1 fully saturated rings. The monoisotopic (exact) mass is 867 g/mol. The first-order valence-electron chi connectivity index (χ1n) is 22.5. The van der Waals surface area contributed by atoms with Crippen molar-refractivity contribution in [3.63, 3.8) is 0 Å². The number of rotatable bonds is 36. The zero-order chi connectivity index (χ0) is 44.1. The Labute approximate surface area is 361 Å². The molecule has 1 rings (SSSR count). The summed E-state index contributed by atoms with van der Waals surface area (Å²) in [6.45, 7) is 3.55. The van der Waals surface area contributed by atoms with E-state index in [0.29, 0.717) is 19.3 Å². The fraction of sp³-hybridized carbons (Fsp3) is 0.702. The lowest BCUT2D eigenvalue weighted by Gasteiger charge is -2.40. The number of carbonyl (C=O) groups is 2. The average Bonchev–Trinajstić information content (AvgIpc) is 3.21. The van der Waals surface area contributed by atoms with E-state index < -0.39 is 71.2 Å². The molecule has 13 heteroatoms. The fourth-order valence-electron chi connectivity index (χ4n) is 6.32. The van der Waals surface area contributed by atoms with Gasteiger partial charge in [-0.25, -0.2) is 0 Å². The van der Waals surface area contributed by atoms with Crippen molar-refractivity contribution in [1.29, 1.82) is 0 Å². The highest BCUT2D eigenvalue weighted by molar-refractivity contribution is 7.85. The topological polar surface area (TPSA) is 186 Å². The minimum atomic E-state index is -4.62. The van der Waals surface area contributed by atoms with Crippen LogP contribution >= 0.6 is 0 Å². The van der Waals surface area contributed by atoms with Gasteiger partial charge in [0.2, 0.25) is 0 Å². The Balaban J connectivity index is 2.52. The maximum Gasteiger partial charge on any atom is 0.306 e. The summed E-state index contributed by atoms with van der Waals surface area (Å²) in [5, 5.41) is 30.9. The zero-order valence-corrected chi connectivity index (χ0v) is 37.3. The highest BCUT2D eigenvalue weighted by atomic mass is 32.2. The zero-order valence-electron chi connectivity index (χ0n) is 36.5. The third kappa shape index (κ3) is 31.0. The van der Waals surface area contributed by atoms with E-state index in [-0.39, 0.29) is 19.4 Å². The Morgan fingerprint density at radius 1 is 0.583 bits per heavy atom. The summed E-state index contributed by atoms with van der Waals surface area (Å²) < 4.78 is 53.9. The maximum absolute atomic E-state index is 12.8. The second kappa shape index (κ2) is 36.7. The van der Waals surface area contributed by atoms with Gasteiger partial charge in [-0.3, -0.25) is 14.1 Å². The van der Waals surface area contributed by atoms with E-state index in [4.69, 9.17) is 18.9 Å². The summed E-state index contributed by atoms with van der Waals surface area (Å²) in [5.74, 6) is -2.13. The number of allylic oxidation sites excluding steroid dienone is 12. The molecule has 6 atom stereocenters. The molecular formula is C47H78O12S. The molecule has 0 aromatic carbocycles. The van der Waals surface area contributed by atoms with E-state index in [1.165, 1.54) is 64.2 Å². The molecule has 0 radical (unpaired) electrons. The molecule has 0 aliphatic carbocycles. The van der Waals surface area contributed by atoms with Crippen LogP contribution in [0, 0.1) is 0 Å². The molecule has 0 spiro atoms. The lowest BCUT2D eigenvalue weighted by Crippen LogP contribution is -2.60. The summed E-state index contributed by atoms with van der Waals surface area (Å²) in [7, 11) is -4.62. The number of ether oxygens (including phenoxy) is 4. The molecule has 0 aromatic heterocycles. The fourth-order valence-corrected chi connectivity index (χ4v) is 7.01. The second-order valence-corrected chi connectivity index (χ2v) is 16.8. The summed E-state index contributed by atoms with van der Waals surface area (Å²) >= 11 is 0. The first-order chi connectivity index (χ1) is 29.0. The highest BCUT2D eigenvalue weighted by Gasteiger charge is 2.46. The van der Waals surface area contributed by atoms with Crippen LogP contribution in [0.5, 0.6) is 0 Å². The molecule has 344 valence electrons. The molecule has 0 amide bonds. The molecule has 12 nitrogen and oxygen atoms in total. The number of aliphatic hydroxyl groups excluding tert-OH is 3. The molecule has 1 aliphatic rings. The first kappa shape index (κ1) is 55.1. The molecule has 4 N–H and O–H groups in total. The van der Waals surface area contributed by atoms with Gasteiger partial charge >= 0.3 is 11.9 Å². The molecule has 1 saturated heterocycles. The Morgan fingerprint density at radius 3 is 1.65 bits per heavy atom. The lowest BCUT2D eigenvalue weighted by atomic mass is 10.00. The Bertz CT molecular complexity index is 1390. The highest BCUT2D eigenvalue weighted by Crippen LogP contribution is 2.24. The predicted molar refractivity (Wildman–Crippen MR) is 238 cm³/mol. The number of unbranched alkanes of at least 4 members (excludes halogenated alkanes) is 12. The molecule has 2 unspecified atom stereocenters. The number of hydrogen-bond acceptors (Lipinski definition) is 11. The van der Waals surface area contributed by atoms with Gasteiger partial charge in [0.25, 0.3) is 10.1 Å². The Morgan fingerprint density at radius 2 is 1.08 bits per heavy atom. The summed E-state index contributed by atoms with van der Waals surface area (Å²) in [6.07, 6.45) is 36.8. The predicted octanol–water partition coefficient (Wildman–Crippen LogP) is 9.11. The second-order valence-electron chi connectivity index (χ2n) is 15.3. The number of hydrogen-bond donors (Lipinski definition) is 4. The van der Waals surface area contributed by atoms with Gasteiger partial charge in [0.05, 0.1) is 6.61 Å². The Hall–Kier alpha value is -2.91. The SMILES string of the molecule is CC/C=C/C/C=C/C/C=C/C/C=C/C/C=C/CCCC(=O)O[C@H](COC(=O)CC/C=C/CCCCCCCCCCCCC)CO[C@H]1O[C@H](CS(=O)(=O)O)[C@@H](O)C(O)C1O. The normalized spacial score (nSPS) is 20.8. The van der Waals surface area contributed by atoms with Gasteiger partial charge in [0.1, 0.15) is 36.8 Å². The van der Waals surface area contributed by atoms with Crippen LogP contribution < -0.4 is 0 Å². The quantitative estimate of drug-likeness (QED) is 0.0203. The van der Waals surface area contributed by atoms with E-state index in [1.54, 1.807) is 0 Å². The van der Waals surface area contributed by atoms with Gasteiger partial charge in [-0.2, -0.15) is 8.42 Å². The summed E-state index contributed by atoms with van der Waals surface area (Å²) in [4.78, 5) is 25.3. The van der Waals surface area contributed by atoms with Crippen LogP contribution in [0.25, 0.3) is 0 Å². The third-order valence-corrected chi connectivity index (χ3v) is 10.5. The average molecular weight is 867 g/mol. The van der Waals surface area contributed by atoms with Crippen LogP contribution in [0.2, 0.25) is 0 Å². The maximum atomic E-state index is 12.8. The van der Waals surface area contributed by atoms with Crippen molar-refractivity contribution in [2.75, 3.05) is 19.0 Å². The van der Waals surface area contributed by atoms with Crippen LogP contribution in [0.3, 0.4) is 0 Å². The van der Waals surface area contributed by atoms with E-state index in [0.717, 1.165) is 44.9 Å². The Kier molecular flexibility index (Phi) is 33.7. The van der Waals surface area contributed by atoms with Crippen LogP contribution in [0.15, 0.2) is 72.9 Å². The largest absolute Gasteiger partial charge is 0.462 e. The molecule has 0 saturated carbocycles. The molecule has 1 aliphatic heterocycles. The van der Waals surface area contributed by atoms with Crippen molar-refractivity contribution in [2.45, 2.75) is 192 Å². The van der Waals surface area contributed by atoms with Crippen molar-refractivity contribution < 1.29 is 56.8 Å². The first-order valence-corrected chi connectivity index (χ1v) is 24.1. The summed E-state index contributed by atoms with van der Waals surface area (Å²) in [6, 6.07) is 0. The van der Waals surface area contributed by atoms with Gasteiger partial charge in [-0.1, -0.05) is 151 Å². The lowest BCUT2D eigenvalue weighted by molar-refractivity contribution is -0.297. The van der Waals surface area contributed by atoms with Crippen molar-refractivity contribution in [3.05, 3.63) is 72.9 Å². The van der Waals surface area contributed by atoms with Gasteiger partial charge in [-0.05, 0) is 64.2 Å². The molecule has 0 bridgehead atoms. The minimum absolute atomic E-state index is 0.0760. The minimum Gasteiger partial charge on any atom is -0.462 e. The molecule has 60 heavy (non-hydrogen) atoms. The third-order valence-electron chi connectivity index (χ3n) is 9.78. The summed E-state index contributed by atoms with van der Waals surface area (Å²) in [5.41, 5.74) is 0. The van der Waals surface area contributed by atoms with Gasteiger partial charge < -0.3 is 34.3 Å². The van der Waals surface area contributed by atoms with E-state index in [9.17, 15) is 37.9 Å². The number of carbonyl (C=O) groups excluding carboxylic acids is 2. The smallest absolute Gasteiger partial charge is 0.306 e. The van der Waals surface area contributed by atoms with E-state index in [2.05, 4.69) is 68.5 Å². The molecular weight excluding hydrogens is 789 g/mol.